The second-order valence-electron chi connectivity index (χ2n) is 7.97. The van der Waals surface area contributed by atoms with Crippen molar-refractivity contribution in [2.75, 3.05) is 13.6 Å². The summed E-state index contributed by atoms with van der Waals surface area (Å²) in [6.45, 7) is 3.57. The van der Waals surface area contributed by atoms with Gasteiger partial charge in [0.05, 0.1) is 6.42 Å². The van der Waals surface area contributed by atoms with Crippen molar-refractivity contribution >= 4 is 17.7 Å². The number of likely N-dealkylation sites (N-methyl/N-ethyl adjacent to an activating group) is 1. The fourth-order valence-corrected chi connectivity index (χ4v) is 4.60. The summed E-state index contributed by atoms with van der Waals surface area (Å²) in [7, 11) is 2.14. The van der Waals surface area contributed by atoms with Gasteiger partial charge in [-0.2, -0.15) is 0 Å². The maximum Gasteiger partial charge on any atom is 0.388 e. The number of amides is 2. The molecule has 1 fully saturated rings. The molecular weight excluding hydrogens is 358 g/mol. The van der Waals surface area contributed by atoms with Gasteiger partial charge in [-0.15, -0.1) is 4.99 Å². The highest BCUT2D eigenvalue weighted by Crippen LogP contribution is 2.32. The predicted molar refractivity (Wildman–Crippen MR) is 103 cm³/mol. The maximum atomic E-state index is 12.8. The molecule has 1 saturated carbocycles. The number of fused-ring (bicyclic) bond motifs is 1. The number of ether oxygens (including phenoxy) is 1. The number of hydrogen-bond donors (Lipinski definition) is 2. The number of carbonyl (C=O) groups excluding carboxylic acids is 2. The smallest absolute Gasteiger partial charge is 0.388 e. The minimum Gasteiger partial charge on any atom is -0.489 e. The van der Waals surface area contributed by atoms with Gasteiger partial charge in [-0.05, 0) is 63.0 Å². The Morgan fingerprint density at radius 1 is 1.29 bits per heavy atom. The van der Waals surface area contributed by atoms with Crippen molar-refractivity contribution in [3.63, 3.8) is 0 Å². The highest BCUT2D eigenvalue weighted by atomic mass is 16.5. The molecule has 0 saturated heterocycles. The first kappa shape index (κ1) is 18.9. The minimum absolute atomic E-state index is 0.112. The van der Waals surface area contributed by atoms with Crippen LogP contribution in [0.4, 0.5) is 0 Å². The van der Waals surface area contributed by atoms with Gasteiger partial charge in [-0.3, -0.25) is 4.79 Å². The molecular formula is C21H28N3O4+. The third-order valence-corrected chi connectivity index (χ3v) is 6.28. The van der Waals surface area contributed by atoms with Gasteiger partial charge in [0.15, 0.2) is 6.04 Å². The van der Waals surface area contributed by atoms with Crippen LogP contribution in [0.5, 0.6) is 5.75 Å². The van der Waals surface area contributed by atoms with Crippen LogP contribution >= 0.6 is 0 Å². The van der Waals surface area contributed by atoms with Crippen LogP contribution in [0.2, 0.25) is 0 Å². The van der Waals surface area contributed by atoms with Crippen LogP contribution in [0.15, 0.2) is 18.2 Å². The monoisotopic (exact) mass is 386 g/mol. The van der Waals surface area contributed by atoms with E-state index in [1.165, 1.54) is 6.42 Å². The lowest BCUT2D eigenvalue weighted by Gasteiger charge is -2.29. The summed E-state index contributed by atoms with van der Waals surface area (Å²) in [5.41, 5.74) is 1.55. The molecule has 1 aromatic carbocycles. The highest BCUT2D eigenvalue weighted by Gasteiger charge is 2.41. The molecule has 28 heavy (non-hydrogen) atoms. The number of carbonyl (C=O) groups is 2. The van der Waals surface area contributed by atoms with Crippen molar-refractivity contribution in [1.82, 2.24) is 9.80 Å². The molecule has 2 amide bonds. The number of hydrogen-bond acceptors (Lipinski definition) is 4. The summed E-state index contributed by atoms with van der Waals surface area (Å²) in [5, 5.41) is 10.1. The van der Waals surface area contributed by atoms with E-state index < -0.39 is 6.04 Å². The van der Waals surface area contributed by atoms with Gasteiger partial charge in [0, 0.05) is 18.2 Å². The van der Waals surface area contributed by atoms with Crippen molar-refractivity contribution in [3.8, 4) is 5.75 Å². The molecule has 1 aromatic rings. The Labute approximate surface area is 165 Å². The lowest BCUT2D eigenvalue weighted by molar-refractivity contribution is -0.394. The van der Waals surface area contributed by atoms with Gasteiger partial charge >= 0.3 is 11.8 Å². The Balaban J connectivity index is 1.50. The van der Waals surface area contributed by atoms with E-state index in [4.69, 9.17) is 4.74 Å². The zero-order valence-electron chi connectivity index (χ0n) is 16.5. The van der Waals surface area contributed by atoms with Crippen LogP contribution in [0.3, 0.4) is 0 Å². The molecule has 0 spiro atoms. The number of nitrogens with zero attached hydrogens (tertiary/aromatic N) is 2. The van der Waals surface area contributed by atoms with Crippen molar-refractivity contribution in [1.29, 1.82) is 0 Å². The second kappa shape index (κ2) is 7.54. The van der Waals surface area contributed by atoms with Crippen LogP contribution < -0.4 is 9.73 Å². The average molecular weight is 386 g/mol. The van der Waals surface area contributed by atoms with Gasteiger partial charge in [-0.1, -0.05) is 6.92 Å². The fraction of sp³-hybridized carbons (Fsp3) is 0.571. The normalized spacial score (nSPS) is 27.3. The first-order valence-electron chi connectivity index (χ1n) is 10.1. The Hall–Kier alpha value is -2.41. The van der Waals surface area contributed by atoms with E-state index >= 15 is 0 Å². The molecule has 1 aliphatic carbocycles. The summed E-state index contributed by atoms with van der Waals surface area (Å²) in [6, 6.07) is 5.59. The van der Waals surface area contributed by atoms with Gasteiger partial charge in [0.25, 0.3) is 5.91 Å². The Morgan fingerprint density at radius 3 is 2.86 bits per heavy atom. The van der Waals surface area contributed by atoms with Gasteiger partial charge < -0.3 is 19.6 Å². The summed E-state index contributed by atoms with van der Waals surface area (Å²) in [6.07, 6.45) is 4.27. The van der Waals surface area contributed by atoms with Crippen LogP contribution in [0.1, 0.15) is 54.9 Å². The first-order valence-corrected chi connectivity index (χ1v) is 10.1. The SMILES string of the molecule is CCN(C)[C@H]1CCC[C@H]1Oc1ccc2c(c1)CN(C1CCC(=O)[NH+]=C1O)C2=O. The maximum absolute atomic E-state index is 12.8. The Kier molecular flexibility index (Phi) is 5.10. The zero-order chi connectivity index (χ0) is 19.8. The molecule has 0 aromatic heterocycles. The molecule has 0 bridgehead atoms. The first-order chi connectivity index (χ1) is 13.5. The van der Waals surface area contributed by atoms with Crippen LogP contribution in [-0.4, -0.2) is 64.4 Å². The van der Waals surface area contributed by atoms with E-state index in [0.717, 1.165) is 30.7 Å². The predicted octanol–water partition coefficient (Wildman–Crippen LogP) is 0.620. The van der Waals surface area contributed by atoms with Crippen molar-refractivity contribution < 1.29 is 24.4 Å². The topological polar surface area (TPSA) is 84.1 Å². The van der Waals surface area contributed by atoms with Gasteiger partial charge in [0.1, 0.15) is 11.9 Å². The molecule has 1 unspecified atom stereocenters. The van der Waals surface area contributed by atoms with E-state index in [2.05, 4.69) is 23.9 Å². The zero-order valence-corrected chi connectivity index (χ0v) is 16.5. The molecule has 7 heteroatoms. The van der Waals surface area contributed by atoms with Crippen LogP contribution in [0.25, 0.3) is 0 Å². The number of nitrogens with one attached hydrogen (secondary N) is 1. The lowest BCUT2D eigenvalue weighted by Crippen LogP contribution is -2.82. The van der Waals surface area contributed by atoms with Crippen molar-refractivity contribution in [2.24, 2.45) is 0 Å². The average Bonchev–Trinajstić information content (AvgIpc) is 3.26. The van der Waals surface area contributed by atoms with E-state index in [0.29, 0.717) is 31.0 Å². The summed E-state index contributed by atoms with van der Waals surface area (Å²) in [5.74, 6) is 0.334. The van der Waals surface area contributed by atoms with Gasteiger partial charge in [0.2, 0.25) is 0 Å². The summed E-state index contributed by atoms with van der Waals surface area (Å²) in [4.78, 5) is 30.6. The molecule has 2 heterocycles. The fourth-order valence-electron chi connectivity index (χ4n) is 4.60. The molecule has 0 radical (unpaired) electrons. The molecule has 2 aliphatic heterocycles. The number of aliphatic hydroxyl groups is 1. The summed E-state index contributed by atoms with van der Waals surface area (Å²) >= 11 is 0. The highest BCUT2D eigenvalue weighted by molar-refractivity contribution is 6.01. The third kappa shape index (κ3) is 3.39. The molecule has 4 rings (SSSR count). The number of rotatable bonds is 5. The quantitative estimate of drug-likeness (QED) is 0.775. The summed E-state index contributed by atoms with van der Waals surface area (Å²) < 4.78 is 6.30. The Bertz CT molecular complexity index is 822. The molecule has 150 valence electrons. The minimum atomic E-state index is -0.473. The van der Waals surface area contributed by atoms with E-state index in [1.54, 1.807) is 4.90 Å². The number of aliphatic hydroxyl groups excluding tert-OH is 1. The Morgan fingerprint density at radius 2 is 2.11 bits per heavy atom. The number of benzene rings is 1. The molecule has 3 aliphatic rings. The van der Waals surface area contributed by atoms with E-state index in [-0.39, 0.29) is 23.8 Å². The van der Waals surface area contributed by atoms with E-state index in [1.807, 2.05) is 18.2 Å². The molecule has 2 N–H and O–H groups in total. The standard InChI is InChI=1S/C21H27N3O4/c1-3-23(2)16-5-4-6-18(16)28-14-7-8-15-13(11-14)12-24(21(15)27)17-9-10-19(25)22-20(17)26/h7-8,11,16-18H,3-6,9-10,12H2,1-2H3,(H,22,25,26)/p+1/t16-,17?,18+/m0/s1. The second-order valence-corrected chi connectivity index (χ2v) is 7.97. The largest absolute Gasteiger partial charge is 0.489 e. The third-order valence-electron chi connectivity index (χ3n) is 6.28. The molecule has 7 nitrogen and oxygen atoms in total. The lowest BCUT2D eigenvalue weighted by atomic mass is 10.1. The van der Waals surface area contributed by atoms with Crippen LogP contribution in [0, 0.1) is 0 Å². The van der Waals surface area contributed by atoms with Crippen LogP contribution in [-0.2, 0) is 11.3 Å². The van der Waals surface area contributed by atoms with Crippen molar-refractivity contribution in [2.45, 2.75) is 63.8 Å². The molecule has 3 atom stereocenters. The van der Waals surface area contributed by atoms with E-state index in [9.17, 15) is 14.7 Å². The van der Waals surface area contributed by atoms with Gasteiger partial charge in [-0.25, -0.2) is 4.79 Å². The van der Waals surface area contributed by atoms with Crippen molar-refractivity contribution in [3.05, 3.63) is 29.3 Å².